The average Bonchev–Trinajstić information content (AvgIpc) is 3.26. The van der Waals surface area contributed by atoms with Crippen LogP contribution in [0.25, 0.3) is 0 Å². The lowest BCUT2D eigenvalue weighted by molar-refractivity contribution is -0.305. The van der Waals surface area contributed by atoms with Gasteiger partial charge in [0.15, 0.2) is 0 Å². The van der Waals surface area contributed by atoms with E-state index in [4.69, 9.17) is 14.2 Å². The predicted molar refractivity (Wildman–Crippen MR) is 148 cm³/mol. The van der Waals surface area contributed by atoms with Crippen LogP contribution in [0.1, 0.15) is 28.7 Å². The molecular formula is C33H35NO4. The van der Waals surface area contributed by atoms with Gasteiger partial charge in [-0.15, -0.1) is 0 Å². The van der Waals surface area contributed by atoms with Gasteiger partial charge in [0.2, 0.25) is 5.91 Å². The van der Waals surface area contributed by atoms with Crippen LogP contribution in [-0.4, -0.2) is 49.0 Å². The Labute approximate surface area is 225 Å². The van der Waals surface area contributed by atoms with Crippen LogP contribution >= 0.6 is 0 Å². The van der Waals surface area contributed by atoms with Gasteiger partial charge >= 0.3 is 0 Å². The SMILES string of the molecule is COC1(OC)CC(O)C(Cc2ccccc2)N1COC(c1ccccc1)(c1ccccc1)c1ccccc1. The summed E-state index contributed by atoms with van der Waals surface area (Å²) in [5, 5.41) is 11.2. The second-order valence-corrected chi connectivity index (χ2v) is 9.67. The van der Waals surface area contributed by atoms with Crippen LogP contribution in [0.15, 0.2) is 121 Å². The Balaban J connectivity index is 1.60. The molecule has 1 aliphatic rings. The van der Waals surface area contributed by atoms with Crippen LogP contribution in [0.3, 0.4) is 0 Å². The molecule has 1 saturated heterocycles. The van der Waals surface area contributed by atoms with Gasteiger partial charge in [0.05, 0.1) is 6.10 Å². The zero-order valence-electron chi connectivity index (χ0n) is 21.9. The van der Waals surface area contributed by atoms with E-state index in [1.54, 1.807) is 14.2 Å². The third kappa shape index (κ3) is 4.92. The smallest absolute Gasteiger partial charge is 0.234 e. The quantitative estimate of drug-likeness (QED) is 0.224. The number of nitrogens with zero attached hydrogens (tertiary/aromatic N) is 1. The summed E-state index contributed by atoms with van der Waals surface area (Å²) in [6, 6.07) is 40.7. The Morgan fingerprint density at radius 1 is 0.711 bits per heavy atom. The molecule has 1 aliphatic heterocycles. The normalized spacial score (nSPS) is 19.4. The number of hydrogen-bond donors (Lipinski definition) is 1. The van der Waals surface area contributed by atoms with Gasteiger partial charge in [0.25, 0.3) is 0 Å². The van der Waals surface area contributed by atoms with E-state index in [0.29, 0.717) is 12.8 Å². The minimum atomic E-state index is -1.12. The van der Waals surface area contributed by atoms with Crippen LogP contribution in [-0.2, 0) is 26.2 Å². The molecule has 1 N–H and O–H groups in total. The lowest BCUT2D eigenvalue weighted by Gasteiger charge is -2.42. The molecule has 4 aromatic rings. The first kappa shape index (κ1) is 26.3. The van der Waals surface area contributed by atoms with E-state index in [-0.39, 0.29) is 12.8 Å². The maximum absolute atomic E-state index is 11.2. The monoisotopic (exact) mass is 509 g/mol. The van der Waals surface area contributed by atoms with Crippen LogP contribution in [0.5, 0.6) is 0 Å². The predicted octanol–water partition coefficient (Wildman–Crippen LogP) is 5.58. The highest BCUT2D eigenvalue weighted by atomic mass is 16.7. The summed E-state index contributed by atoms with van der Waals surface area (Å²) in [5.41, 5.74) is 3.26. The van der Waals surface area contributed by atoms with Gasteiger partial charge in [-0.3, -0.25) is 0 Å². The van der Waals surface area contributed by atoms with E-state index in [2.05, 4.69) is 48.5 Å². The van der Waals surface area contributed by atoms with Crippen molar-refractivity contribution >= 4 is 0 Å². The summed E-state index contributed by atoms with van der Waals surface area (Å²) in [6.07, 6.45) is 0.295. The Morgan fingerprint density at radius 3 is 1.55 bits per heavy atom. The molecule has 0 bridgehead atoms. The average molecular weight is 510 g/mol. The molecule has 0 radical (unpaired) electrons. The maximum atomic E-state index is 11.2. The van der Waals surface area contributed by atoms with Crippen molar-refractivity contribution < 1.29 is 19.3 Å². The van der Waals surface area contributed by atoms with E-state index in [9.17, 15) is 5.11 Å². The van der Waals surface area contributed by atoms with Gasteiger partial charge in [-0.2, -0.15) is 0 Å². The number of hydrogen-bond acceptors (Lipinski definition) is 5. The number of aliphatic hydroxyl groups is 1. The Morgan fingerprint density at radius 2 is 1.13 bits per heavy atom. The van der Waals surface area contributed by atoms with Gasteiger partial charge < -0.3 is 19.3 Å². The molecule has 5 nitrogen and oxygen atoms in total. The van der Waals surface area contributed by atoms with Gasteiger partial charge in [-0.05, 0) is 28.7 Å². The molecule has 5 heteroatoms. The molecule has 0 spiro atoms. The molecule has 5 rings (SSSR count). The topological polar surface area (TPSA) is 51.2 Å². The van der Waals surface area contributed by atoms with Crippen LogP contribution in [0.2, 0.25) is 0 Å². The molecule has 0 aromatic heterocycles. The van der Waals surface area contributed by atoms with E-state index in [1.807, 2.05) is 77.7 Å². The molecule has 1 heterocycles. The van der Waals surface area contributed by atoms with Crippen LogP contribution in [0.4, 0.5) is 0 Å². The highest BCUT2D eigenvalue weighted by Crippen LogP contribution is 2.43. The van der Waals surface area contributed by atoms with Crippen molar-refractivity contribution in [3.8, 4) is 0 Å². The fourth-order valence-electron chi connectivity index (χ4n) is 5.69. The zero-order chi connectivity index (χ0) is 26.4. The Hall–Kier alpha value is -3.32. The largest absolute Gasteiger partial charge is 0.391 e. The number of likely N-dealkylation sites (tertiary alicyclic amines) is 1. The molecule has 1 fully saturated rings. The van der Waals surface area contributed by atoms with Crippen molar-refractivity contribution in [2.24, 2.45) is 0 Å². The number of rotatable bonds is 10. The van der Waals surface area contributed by atoms with Crippen molar-refractivity contribution in [2.45, 2.75) is 36.5 Å². The molecule has 2 unspecified atom stereocenters. The second kappa shape index (κ2) is 11.6. The van der Waals surface area contributed by atoms with Gasteiger partial charge in [0, 0.05) is 26.7 Å². The van der Waals surface area contributed by atoms with E-state index in [1.165, 1.54) is 0 Å². The third-order valence-electron chi connectivity index (χ3n) is 7.64. The van der Waals surface area contributed by atoms with Crippen molar-refractivity contribution in [1.82, 2.24) is 4.90 Å². The molecule has 4 aromatic carbocycles. The summed E-state index contributed by atoms with van der Waals surface area (Å²) in [7, 11) is 3.24. The van der Waals surface area contributed by atoms with Gasteiger partial charge in [-0.25, -0.2) is 4.90 Å². The summed E-state index contributed by atoms with van der Waals surface area (Å²) < 4.78 is 19.0. The number of aliphatic hydroxyl groups excluding tert-OH is 1. The molecule has 38 heavy (non-hydrogen) atoms. The Bertz CT molecular complexity index is 1170. The number of methoxy groups -OCH3 is 2. The lowest BCUT2D eigenvalue weighted by atomic mass is 9.80. The van der Waals surface area contributed by atoms with Crippen LogP contribution in [0, 0.1) is 0 Å². The molecule has 0 saturated carbocycles. The first-order chi connectivity index (χ1) is 18.6. The minimum Gasteiger partial charge on any atom is -0.391 e. The van der Waals surface area contributed by atoms with Crippen molar-refractivity contribution in [3.05, 3.63) is 144 Å². The van der Waals surface area contributed by atoms with E-state index in [0.717, 1.165) is 22.3 Å². The fourth-order valence-corrected chi connectivity index (χ4v) is 5.69. The van der Waals surface area contributed by atoms with Crippen molar-refractivity contribution in [2.75, 3.05) is 21.0 Å². The summed E-state index contributed by atoms with van der Waals surface area (Å²) >= 11 is 0. The van der Waals surface area contributed by atoms with E-state index < -0.39 is 17.6 Å². The molecule has 196 valence electrons. The zero-order valence-corrected chi connectivity index (χ0v) is 21.9. The Kier molecular flexibility index (Phi) is 8.03. The maximum Gasteiger partial charge on any atom is 0.234 e. The second-order valence-electron chi connectivity index (χ2n) is 9.67. The number of benzene rings is 4. The lowest BCUT2D eigenvalue weighted by Crippen LogP contribution is -2.53. The van der Waals surface area contributed by atoms with Crippen LogP contribution < -0.4 is 0 Å². The minimum absolute atomic E-state index is 0.162. The standard InChI is InChI=1S/C33H35NO4/c1-36-32(37-2)24-31(35)30(23-26-15-7-3-8-16-26)34(32)25-38-33(27-17-9-4-10-18-27,28-19-11-5-12-20-28)29-21-13-6-14-22-29/h3-22,30-31,35H,23-25H2,1-2H3. The van der Waals surface area contributed by atoms with E-state index >= 15 is 0 Å². The first-order valence-electron chi connectivity index (χ1n) is 13.0. The van der Waals surface area contributed by atoms with Crippen molar-refractivity contribution in [3.63, 3.8) is 0 Å². The summed E-state index contributed by atoms with van der Waals surface area (Å²) in [4.78, 5) is 2.02. The van der Waals surface area contributed by atoms with Crippen molar-refractivity contribution in [1.29, 1.82) is 0 Å². The molecular weight excluding hydrogens is 474 g/mol. The summed E-state index contributed by atoms with van der Waals surface area (Å²) in [5.74, 6) is -1.12. The highest BCUT2D eigenvalue weighted by molar-refractivity contribution is 5.47. The number of ether oxygens (including phenoxy) is 3. The summed E-state index contributed by atoms with van der Waals surface area (Å²) in [6.45, 7) is 0.162. The van der Waals surface area contributed by atoms with Gasteiger partial charge in [0.1, 0.15) is 12.3 Å². The highest BCUT2D eigenvalue weighted by Gasteiger charge is 2.53. The molecule has 0 aliphatic carbocycles. The first-order valence-corrected chi connectivity index (χ1v) is 13.0. The van der Waals surface area contributed by atoms with Gasteiger partial charge in [-0.1, -0.05) is 121 Å². The molecule has 0 amide bonds. The third-order valence-corrected chi connectivity index (χ3v) is 7.64. The molecule has 2 atom stereocenters. The fraction of sp³-hybridized carbons (Fsp3) is 0.273.